The maximum Gasteiger partial charge on any atom is 0.257 e. The van der Waals surface area contributed by atoms with Gasteiger partial charge in [-0.15, -0.1) is 11.3 Å². The fourth-order valence-corrected chi connectivity index (χ4v) is 3.92. The smallest absolute Gasteiger partial charge is 0.257 e. The Balaban J connectivity index is 1.58. The van der Waals surface area contributed by atoms with Gasteiger partial charge in [0.1, 0.15) is 0 Å². The molecule has 0 unspecified atom stereocenters. The highest BCUT2D eigenvalue weighted by atomic mass is 127. The van der Waals surface area contributed by atoms with E-state index in [2.05, 4.69) is 44.7 Å². The Hall–Kier alpha value is -0.990. The van der Waals surface area contributed by atoms with Crippen molar-refractivity contribution in [2.24, 2.45) is 5.92 Å². The molecule has 4 nitrogen and oxygen atoms in total. The van der Waals surface area contributed by atoms with Crippen molar-refractivity contribution in [1.29, 1.82) is 0 Å². The number of anilines is 1. The number of amides is 1. The second kappa shape index (κ2) is 7.72. The molecule has 1 amide bonds. The number of likely N-dealkylation sites (tertiary alicyclic amines) is 1. The van der Waals surface area contributed by atoms with Gasteiger partial charge >= 0.3 is 0 Å². The number of benzene rings is 1. The Bertz CT molecular complexity index is 671. The number of rotatable bonds is 4. The average molecular weight is 441 g/mol. The van der Waals surface area contributed by atoms with Crippen molar-refractivity contribution in [3.63, 3.8) is 0 Å². The van der Waals surface area contributed by atoms with Crippen molar-refractivity contribution in [3.8, 4) is 0 Å². The lowest BCUT2D eigenvalue weighted by atomic mass is 10.0. The van der Waals surface area contributed by atoms with Crippen molar-refractivity contribution in [1.82, 2.24) is 9.88 Å². The van der Waals surface area contributed by atoms with Gasteiger partial charge in [0, 0.05) is 27.6 Å². The Morgan fingerprint density at radius 3 is 2.96 bits per heavy atom. The molecule has 3 rings (SSSR count). The van der Waals surface area contributed by atoms with Gasteiger partial charge in [0.05, 0.1) is 5.69 Å². The molecule has 1 atom stereocenters. The van der Waals surface area contributed by atoms with Crippen molar-refractivity contribution < 1.29 is 4.79 Å². The predicted octanol–water partition coefficient (Wildman–Crippen LogP) is 4.23. The minimum atomic E-state index is -0.103. The molecule has 1 aliphatic rings. The van der Waals surface area contributed by atoms with Crippen LogP contribution in [0.3, 0.4) is 0 Å². The number of carbonyl (C=O) groups excluding carboxylic acids is 1. The maximum absolute atomic E-state index is 12.2. The Labute approximate surface area is 154 Å². The molecular formula is C17H20IN3OS. The lowest BCUT2D eigenvalue weighted by Crippen LogP contribution is -2.33. The first-order chi connectivity index (χ1) is 11.1. The highest BCUT2D eigenvalue weighted by molar-refractivity contribution is 14.1. The van der Waals surface area contributed by atoms with E-state index >= 15 is 0 Å². The van der Waals surface area contributed by atoms with E-state index in [-0.39, 0.29) is 5.91 Å². The summed E-state index contributed by atoms with van der Waals surface area (Å²) in [5.41, 5.74) is 1.70. The molecule has 1 aromatic heterocycles. The molecule has 1 saturated heterocycles. The molecule has 0 spiro atoms. The molecule has 2 heterocycles. The zero-order chi connectivity index (χ0) is 16.2. The number of nitrogens with one attached hydrogen (secondary N) is 1. The number of hydrogen-bond donors (Lipinski definition) is 1. The third-order valence-corrected chi connectivity index (χ3v) is 5.53. The third-order valence-electron chi connectivity index (χ3n) is 4.01. The quantitative estimate of drug-likeness (QED) is 0.723. The Kier molecular flexibility index (Phi) is 5.66. The monoisotopic (exact) mass is 441 g/mol. The fourth-order valence-electron chi connectivity index (χ4n) is 2.87. The molecule has 0 bridgehead atoms. The summed E-state index contributed by atoms with van der Waals surface area (Å²) in [6.07, 6.45) is 2.59. The second-order valence-electron chi connectivity index (χ2n) is 6.09. The standard InChI is InChI=1S/C17H20IN3OS/c1-12-3-2-8-21(9-12)10-15-11-23-17(19-15)20-16(22)13-4-6-14(18)7-5-13/h4-7,11-12H,2-3,8-10H2,1H3,(H,19,20,22)/t12-/m1/s1. The third kappa shape index (κ3) is 4.74. The first-order valence-corrected chi connectivity index (χ1v) is 9.79. The summed E-state index contributed by atoms with van der Waals surface area (Å²) in [7, 11) is 0. The summed E-state index contributed by atoms with van der Waals surface area (Å²) in [5, 5.41) is 5.61. The molecule has 0 saturated carbocycles. The van der Waals surface area contributed by atoms with Crippen LogP contribution in [0.2, 0.25) is 0 Å². The van der Waals surface area contributed by atoms with Crippen LogP contribution in [-0.4, -0.2) is 28.9 Å². The number of piperidine rings is 1. The lowest BCUT2D eigenvalue weighted by Gasteiger charge is -2.30. The summed E-state index contributed by atoms with van der Waals surface area (Å²) in [4.78, 5) is 19.2. The van der Waals surface area contributed by atoms with Crippen LogP contribution in [0.25, 0.3) is 0 Å². The molecule has 23 heavy (non-hydrogen) atoms. The maximum atomic E-state index is 12.2. The van der Waals surface area contributed by atoms with Crippen molar-refractivity contribution >= 4 is 45.0 Å². The molecule has 2 aromatic rings. The van der Waals surface area contributed by atoms with Gasteiger partial charge in [-0.05, 0) is 72.2 Å². The van der Waals surface area contributed by atoms with Gasteiger partial charge in [-0.2, -0.15) is 0 Å². The van der Waals surface area contributed by atoms with Gasteiger partial charge in [0.25, 0.3) is 5.91 Å². The topological polar surface area (TPSA) is 45.2 Å². The highest BCUT2D eigenvalue weighted by Crippen LogP contribution is 2.21. The summed E-state index contributed by atoms with van der Waals surface area (Å²) in [5.74, 6) is 0.663. The van der Waals surface area contributed by atoms with Crippen molar-refractivity contribution in [2.45, 2.75) is 26.3 Å². The zero-order valence-corrected chi connectivity index (χ0v) is 16.1. The molecule has 0 radical (unpaired) electrons. The van der Waals surface area contributed by atoms with E-state index in [0.717, 1.165) is 34.8 Å². The Morgan fingerprint density at radius 2 is 2.22 bits per heavy atom. The largest absolute Gasteiger partial charge is 0.298 e. The number of hydrogen-bond acceptors (Lipinski definition) is 4. The Morgan fingerprint density at radius 1 is 1.43 bits per heavy atom. The van der Waals surface area contributed by atoms with Crippen molar-refractivity contribution in [3.05, 3.63) is 44.5 Å². The highest BCUT2D eigenvalue weighted by Gasteiger charge is 2.17. The molecule has 1 fully saturated rings. The van der Waals surface area contributed by atoms with Crippen LogP contribution < -0.4 is 5.32 Å². The van der Waals surface area contributed by atoms with Crippen LogP contribution in [0.1, 0.15) is 35.8 Å². The average Bonchev–Trinajstić information content (AvgIpc) is 2.95. The SMILES string of the molecule is C[C@@H]1CCCN(Cc2csc(NC(=O)c3ccc(I)cc3)n2)C1. The molecule has 6 heteroatoms. The summed E-state index contributed by atoms with van der Waals surface area (Å²) in [6.45, 7) is 5.47. The van der Waals surface area contributed by atoms with E-state index in [4.69, 9.17) is 0 Å². The van der Waals surface area contributed by atoms with Crippen LogP contribution in [0.15, 0.2) is 29.6 Å². The summed E-state index contributed by atoms with van der Waals surface area (Å²) in [6, 6.07) is 7.53. The summed E-state index contributed by atoms with van der Waals surface area (Å²) < 4.78 is 1.12. The molecule has 1 N–H and O–H groups in total. The van der Waals surface area contributed by atoms with Gasteiger partial charge in [-0.25, -0.2) is 4.98 Å². The lowest BCUT2D eigenvalue weighted by molar-refractivity contribution is 0.102. The van der Waals surface area contributed by atoms with Crippen LogP contribution >= 0.6 is 33.9 Å². The summed E-state index contributed by atoms with van der Waals surface area (Å²) >= 11 is 3.72. The first kappa shape index (κ1) is 16.9. The predicted molar refractivity (Wildman–Crippen MR) is 103 cm³/mol. The molecule has 1 aliphatic heterocycles. The fraction of sp³-hybridized carbons (Fsp3) is 0.412. The van der Waals surface area contributed by atoms with Crippen LogP contribution in [-0.2, 0) is 6.54 Å². The van der Waals surface area contributed by atoms with E-state index < -0.39 is 0 Å². The van der Waals surface area contributed by atoms with E-state index in [0.29, 0.717) is 10.7 Å². The number of carbonyl (C=O) groups is 1. The molecule has 122 valence electrons. The number of thiazole rings is 1. The van der Waals surface area contributed by atoms with E-state index in [1.54, 1.807) is 0 Å². The van der Waals surface area contributed by atoms with E-state index in [1.165, 1.54) is 24.2 Å². The minimum Gasteiger partial charge on any atom is -0.298 e. The molecular weight excluding hydrogens is 421 g/mol. The zero-order valence-electron chi connectivity index (χ0n) is 13.1. The second-order valence-corrected chi connectivity index (χ2v) is 8.19. The van der Waals surface area contributed by atoms with Crippen LogP contribution in [0.4, 0.5) is 5.13 Å². The van der Waals surface area contributed by atoms with Gasteiger partial charge in [0.15, 0.2) is 5.13 Å². The van der Waals surface area contributed by atoms with Crippen molar-refractivity contribution in [2.75, 3.05) is 18.4 Å². The normalized spacial score (nSPS) is 18.8. The van der Waals surface area contributed by atoms with Crippen LogP contribution in [0.5, 0.6) is 0 Å². The van der Waals surface area contributed by atoms with Gasteiger partial charge < -0.3 is 0 Å². The molecule has 0 aliphatic carbocycles. The minimum absolute atomic E-state index is 0.103. The van der Waals surface area contributed by atoms with E-state index in [9.17, 15) is 4.79 Å². The number of nitrogens with zero attached hydrogens (tertiary/aromatic N) is 2. The first-order valence-electron chi connectivity index (χ1n) is 7.84. The number of aromatic nitrogens is 1. The number of halogens is 1. The van der Waals surface area contributed by atoms with E-state index in [1.807, 2.05) is 29.6 Å². The van der Waals surface area contributed by atoms with Gasteiger partial charge in [-0.1, -0.05) is 6.92 Å². The van der Waals surface area contributed by atoms with Crippen LogP contribution in [0, 0.1) is 9.49 Å². The van der Waals surface area contributed by atoms with Gasteiger partial charge in [0.2, 0.25) is 0 Å². The van der Waals surface area contributed by atoms with Gasteiger partial charge in [-0.3, -0.25) is 15.0 Å². The molecule has 1 aromatic carbocycles.